The van der Waals surface area contributed by atoms with Crippen molar-refractivity contribution in [2.24, 2.45) is 0 Å². The number of carbonyl (C=O) groups excluding carboxylic acids is 4. The second-order valence-electron chi connectivity index (χ2n) is 7.96. The largest absolute Gasteiger partial charge is 0.450 e. The van der Waals surface area contributed by atoms with E-state index in [0.717, 1.165) is 16.7 Å². The van der Waals surface area contributed by atoms with Crippen LogP contribution in [0.15, 0.2) is 53.4 Å². The lowest BCUT2D eigenvalue weighted by Crippen LogP contribution is -2.50. The summed E-state index contributed by atoms with van der Waals surface area (Å²) >= 11 is 0.782. The number of hydrogen-bond acceptors (Lipinski definition) is 6. The molecule has 0 unspecified atom stereocenters. The van der Waals surface area contributed by atoms with Crippen molar-refractivity contribution in [1.29, 1.82) is 0 Å². The number of amides is 4. The lowest BCUT2D eigenvalue weighted by atomic mass is 10.1. The zero-order valence-electron chi connectivity index (χ0n) is 19.1. The predicted octanol–water partition coefficient (Wildman–Crippen LogP) is 3.98. The van der Waals surface area contributed by atoms with Gasteiger partial charge in [0.2, 0.25) is 0 Å². The zero-order chi connectivity index (χ0) is 24.9. The van der Waals surface area contributed by atoms with Crippen LogP contribution < -0.4 is 0 Å². The maximum absolute atomic E-state index is 14.0. The molecule has 4 rings (SSSR count). The average Bonchev–Trinajstić information content (AvgIpc) is 3.12. The van der Waals surface area contributed by atoms with E-state index in [1.54, 1.807) is 59.2 Å². The molecule has 10 heteroatoms. The molecule has 2 aliphatic heterocycles. The SMILES string of the molecule is CCOC(=O)N1CCN(C(=O)c2cccc(/C=C3\SC(=O)N(Cc4ccccc4F)C3=O)c2)CC1. The molecule has 0 N–H and O–H groups in total. The molecule has 0 radical (unpaired) electrons. The molecular formula is C25H24FN3O5S. The summed E-state index contributed by atoms with van der Waals surface area (Å²) in [6.07, 6.45) is 1.17. The lowest BCUT2D eigenvalue weighted by molar-refractivity contribution is -0.123. The highest BCUT2D eigenvalue weighted by Crippen LogP contribution is 2.33. The Hall–Kier alpha value is -3.66. The quantitative estimate of drug-likeness (QED) is 0.581. The molecule has 2 fully saturated rings. The van der Waals surface area contributed by atoms with Crippen molar-refractivity contribution in [3.05, 3.63) is 75.9 Å². The fourth-order valence-electron chi connectivity index (χ4n) is 3.84. The van der Waals surface area contributed by atoms with Crippen molar-refractivity contribution in [1.82, 2.24) is 14.7 Å². The first-order valence-electron chi connectivity index (χ1n) is 11.2. The Labute approximate surface area is 206 Å². The number of thioether (sulfide) groups is 1. The van der Waals surface area contributed by atoms with E-state index in [0.29, 0.717) is 43.9 Å². The predicted molar refractivity (Wildman–Crippen MR) is 129 cm³/mol. The van der Waals surface area contributed by atoms with E-state index in [-0.39, 0.29) is 29.0 Å². The van der Waals surface area contributed by atoms with Gasteiger partial charge in [0, 0.05) is 37.3 Å². The van der Waals surface area contributed by atoms with E-state index in [4.69, 9.17) is 4.74 Å². The van der Waals surface area contributed by atoms with Gasteiger partial charge in [-0.15, -0.1) is 0 Å². The molecule has 0 spiro atoms. The molecule has 8 nitrogen and oxygen atoms in total. The van der Waals surface area contributed by atoms with E-state index in [9.17, 15) is 23.6 Å². The van der Waals surface area contributed by atoms with Gasteiger partial charge in [-0.25, -0.2) is 9.18 Å². The molecule has 0 aromatic heterocycles. The van der Waals surface area contributed by atoms with Crippen LogP contribution in [0.2, 0.25) is 0 Å². The van der Waals surface area contributed by atoms with Crippen LogP contribution in [0, 0.1) is 5.82 Å². The van der Waals surface area contributed by atoms with Gasteiger partial charge in [0.25, 0.3) is 17.1 Å². The van der Waals surface area contributed by atoms with Crippen LogP contribution in [-0.2, 0) is 16.1 Å². The summed E-state index contributed by atoms with van der Waals surface area (Å²) in [5.74, 6) is -1.17. The van der Waals surface area contributed by atoms with Crippen molar-refractivity contribution in [3.8, 4) is 0 Å². The van der Waals surface area contributed by atoms with Crippen LogP contribution in [-0.4, -0.2) is 70.6 Å². The summed E-state index contributed by atoms with van der Waals surface area (Å²) in [7, 11) is 0. The number of rotatable bonds is 5. The van der Waals surface area contributed by atoms with Crippen molar-refractivity contribution >= 4 is 41.0 Å². The minimum absolute atomic E-state index is 0.148. The highest BCUT2D eigenvalue weighted by atomic mass is 32.2. The fourth-order valence-corrected chi connectivity index (χ4v) is 4.67. The molecule has 35 heavy (non-hydrogen) atoms. The van der Waals surface area contributed by atoms with Crippen LogP contribution in [0.1, 0.15) is 28.4 Å². The first kappa shape index (κ1) is 24.5. The Morgan fingerprint density at radius 2 is 1.74 bits per heavy atom. The Morgan fingerprint density at radius 1 is 1.03 bits per heavy atom. The second-order valence-corrected chi connectivity index (χ2v) is 8.96. The van der Waals surface area contributed by atoms with Gasteiger partial charge in [0.1, 0.15) is 5.82 Å². The van der Waals surface area contributed by atoms with Gasteiger partial charge in [-0.05, 0) is 48.5 Å². The van der Waals surface area contributed by atoms with Crippen molar-refractivity contribution in [2.45, 2.75) is 13.5 Å². The fraction of sp³-hybridized carbons (Fsp3) is 0.280. The summed E-state index contributed by atoms with van der Waals surface area (Å²) in [6, 6.07) is 12.8. The van der Waals surface area contributed by atoms with E-state index in [1.807, 2.05) is 0 Å². The molecular weight excluding hydrogens is 473 g/mol. The van der Waals surface area contributed by atoms with Crippen LogP contribution in [0.3, 0.4) is 0 Å². The number of halogens is 1. The third kappa shape index (κ3) is 5.54. The van der Waals surface area contributed by atoms with Gasteiger partial charge in [-0.1, -0.05) is 30.3 Å². The van der Waals surface area contributed by atoms with Crippen LogP contribution in [0.5, 0.6) is 0 Å². The molecule has 0 atom stereocenters. The van der Waals surface area contributed by atoms with E-state index in [2.05, 4.69) is 0 Å². The Balaban J connectivity index is 1.43. The first-order chi connectivity index (χ1) is 16.9. The van der Waals surface area contributed by atoms with Gasteiger partial charge in [0.05, 0.1) is 18.1 Å². The number of piperazine rings is 1. The third-order valence-electron chi connectivity index (χ3n) is 5.68. The minimum Gasteiger partial charge on any atom is -0.450 e. The Bertz CT molecular complexity index is 1190. The number of hydrogen-bond donors (Lipinski definition) is 0. The molecule has 2 heterocycles. The summed E-state index contributed by atoms with van der Waals surface area (Å²) in [4.78, 5) is 54.5. The average molecular weight is 498 g/mol. The summed E-state index contributed by atoms with van der Waals surface area (Å²) in [6.45, 7) is 3.44. The minimum atomic E-state index is -0.505. The van der Waals surface area contributed by atoms with E-state index >= 15 is 0 Å². The van der Waals surface area contributed by atoms with Gasteiger partial charge >= 0.3 is 6.09 Å². The lowest BCUT2D eigenvalue weighted by Gasteiger charge is -2.34. The topological polar surface area (TPSA) is 87.2 Å². The molecule has 4 amide bonds. The van der Waals surface area contributed by atoms with Crippen molar-refractivity contribution in [2.75, 3.05) is 32.8 Å². The molecule has 2 aliphatic rings. The highest BCUT2D eigenvalue weighted by Gasteiger charge is 2.35. The Kier molecular flexibility index (Phi) is 7.50. The molecule has 2 saturated heterocycles. The molecule has 0 saturated carbocycles. The summed E-state index contributed by atoms with van der Waals surface area (Å²) < 4.78 is 19.0. The molecule has 2 aromatic rings. The van der Waals surface area contributed by atoms with Crippen LogP contribution in [0.25, 0.3) is 6.08 Å². The molecule has 0 bridgehead atoms. The molecule has 0 aliphatic carbocycles. The van der Waals surface area contributed by atoms with Gasteiger partial charge < -0.3 is 14.5 Å². The number of carbonyl (C=O) groups is 4. The normalized spacial score (nSPS) is 17.3. The third-order valence-corrected chi connectivity index (χ3v) is 6.59. The second kappa shape index (κ2) is 10.7. The number of nitrogens with zero attached hydrogens (tertiary/aromatic N) is 3. The smallest absolute Gasteiger partial charge is 0.409 e. The molecule has 182 valence electrons. The van der Waals surface area contributed by atoms with Crippen LogP contribution >= 0.6 is 11.8 Å². The van der Waals surface area contributed by atoms with Gasteiger partial charge in [-0.2, -0.15) is 0 Å². The van der Waals surface area contributed by atoms with Crippen molar-refractivity contribution < 1.29 is 28.3 Å². The number of imide groups is 1. The monoisotopic (exact) mass is 497 g/mol. The summed E-state index contributed by atoms with van der Waals surface area (Å²) in [5, 5.41) is -0.476. The van der Waals surface area contributed by atoms with Gasteiger partial charge in [0.15, 0.2) is 0 Å². The van der Waals surface area contributed by atoms with E-state index < -0.39 is 17.0 Å². The van der Waals surface area contributed by atoms with Crippen LogP contribution in [0.4, 0.5) is 14.0 Å². The number of benzene rings is 2. The Morgan fingerprint density at radius 3 is 2.46 bits per heavy atom. The maximum atomic E-state index is 14.0. The molecule has 2 aromatic carbocycles. The van der Waals surface area contributed by atoms with E-state index in [1.165, 1.54) is 12.1 Å². The number of ether oxygens (including phenoxy) is 1. The summed E-state index contributed by atoms with van der Waals surface area (Å²) in [5.41, 5.74) is 1.29. The van der Waals surface area contributed by atoms with Crippen molar-refractivity contribution in [3.63, 3.8) is 0 Å². The first-order valence-corrected chi connectivity index (χ1v) is 12.0. The highest BCUT2D eigenvalue weighted by molar-refractivity contribution is 8.18. The zero-order valence-corrected chi connectivity index (χ0v) is 19.9. The van der Waals surface area contributed by atoms with Gasteiger partial charge in [-0.3, -0.25) is 19.3 Å². The standard InChI is InChI=1S/C25H24FN3O5S/c1-2-34-24(32)28-12-10-27(11-13-28)22(30)18-8-5-6-17(14-18)15-21-23(31)29(25(33)35-21)16-19-7-3-4-9-20(19)26/h3-9,14-15H,2,10-13,16H2,1H3/b21-15-. The maximum Gasteiger partial charge on any atom is 0.409 e.